The van der Waals surface area contributed by atoms with Crippen LogP contribution >= 0.6 is 0 Å². The van der Waals surface area contributed by atoms with Crippen LogP contribution < -0.4 is 0 Å². The van der Waals surface area contributed by atoms with E-state index in [1.807, 2.05) is 6.92 Å². The molecule has 6 heteroatoms. The fraction of sp³-hybridized carbons (Fsp3) is 0.818. The predicted octanol–water partition coefficient (Wildman–Crippen LogP) is 2.11. The summed E-state index contributed by atoms with van der Waals surface area (Å²) in [5, 5.41) is 17.8. The van der Waals surface area contributed by atoms with Crippen LogP contribution in [0.4, 0.5) is 9.18 Å². The second kappa shape index (κ2) is 5.33. The van der Waals surface area contributed by atoms with E-state index in [-0.39, 0.29) is 19.4 Å². The molecule has 2 atom stereocenters. The number of halogens is 1. The lowest BCUT2D eigenvalue weighted by Gasteiger charge is -2.39. The van der Waals surface area contributed by atoms with Crippen LogP contribution in [0.25, 0.3) is 0 Å². The van der Waals surface area contributed by atoms with E-state index in [2.05, 4.69) is 0 Å². The number of aliphatic carboxylic acids is 1. The molecule has 1 amide bonds. The molecule has 2 unspecified atom stereocenters. The van der Waals surface area contributed by atoms with Crippen LogP contribution in [-0.4, -0.2) is 45.4 Å². The monoisotopic (exact) mass is 247 g/mol. The predicted molar refractivity (Wildman–Crippen MR) is 58.8 cm³/mol. The molecule has 1 saturated heterocycles. The lowest BCUT2D eigenvalue weighted by Crippen LogP contribution is -2.54. The van der Waals surface area contributed by atoms with Gasteiger partial charge in [0, 0.05) is 13.0 Å². The smallest absolute Gasteiger partial charge is 0.408 e. The summed E-state index contributed by atoms with van der Waals surface area (Å²) in [6.45, 7) is 1.89. The maximum absolute atomic E-state index is 14.3. The zero-order valence-electron chi connectivity index (χ0n) is 9.86. The summed E-state index contributed by atoms with van der Waals surface area (Å²) in [5.41, 5.74) is -1.54. The summed E-state index contributed by atoms with van der Waals surface area (Å²) in [6, 6.07) is -1.26. The van der Waals surface area contributed by atoms with Crippen molar-refractivity contribution in [2.24, 2.45) is 0 Å². The number of carbonyl (C=O) groups is 2. The molecular formula is C11H18FNO4. The van der Waals surface area contributed by atoms with Crippen molar-refractivity contribution in [3.05, 3.63) is 0 Å². The van der Waals surface area contributed by atoms with E-state index >= 15 is 0 Å². The van der Waals surface area contributed by atoms with Crippen LogP contribution in [0.5, 0.6) is 0 Å². The minimum absolute atomic E-state index is 0.0491. The summed E-state index contributed by atoms with van der Waals surface area (Å²) >= 11 is 0. The van der Waals surface area contributed by atoms with Gasteiger partial charge in [0.1, 0.15) is 11.7 Å². The van der Waals surface area contributed by atoms with Gasteiger partial charge in [-0.15, -0.1) is 0 Å². The number of likely N-dealkylation sites (tertiary alicyclic amines) is 1. The Bertz CT molecular complexity index is 310. The summed E-state index contributed by atoms with van der Waals surface area (Å²) < 4.78 is 14.3. The van der Waals surface area contributed by atoms with Gasteiger partial charge in [-0.2, -0.15) is 0 Å². The first kappa shape index (κ1) is 13.7. The molecule has 0 aromatic heterocycles. The number of unbranched alkanes of at least 4 members (excludes halogenated alkanes) is 1. The Morgan fingerprint density at radius 1 is 1.47 bits per heavy atom. The Kier molecular flexibility index (Phi) is 4.31. The molecule has 1 aliphatic rings. The standard InChI is InChI=1S/C11H18FNO4/c1-2-3-4-11(12)5-6-13(10(16)17)8(7-11)9(14)15/h8H,2-7H2,1H3,(H,14,15)(H,16,17). The number of piperidine rings is 1. The first-order chi connectivity index (χ1) is 7.89. The molecule has 5 nitrogen and oxygen atoms in total. The SMILES string of the molecule is CCCCC1(F)CCN(C(=O)O)C(C(=O)O)C1. The van der Waals surface area contributed by atoms with Gasteiger partial charge in [0.25, 0.3) is 0 Å². The normalized spacial score (nSPS) is 29.1. The molecule has 17 heavy (non-hydrogen) atoms. The zero-order valence-corrected chi connectivity index (χ0v) is 9.86. The van der Waals surface area contributed by atoms with E-state index < -0.39 is 23.8 Å². The Labute approximate surface area is 99.2 Å². The third-order valence-corrected chi connectivity index (χ3v) is 3.25. The van der Waals surface area contributed by atoms with Gasteiger partial charge in [0.15, 0.2) is 0 Å². The molecule has 1 rings (SSSR count). The van der Waals surface area contributed by atoms with Crippen molar-refractivity contribution in [1.29, 1.82) is 0 Å². The first-order valence-electron chi connectivity index (χ1n) is 5.81. The number of nitrogens with zero attached hydrogens (tertiary/aromatic N) is 1. The second-order valence-corrected chi connectivity index (χ2v) is 4.54. The lowest BCUT2D eigenvalue weighted by molar-refractivity contribution is -0.146. The van der Waals surface area contributed by atoms with Crippen molar-refractivity contribution >= 4 is 12.1 Å². The molecule has 0 aliphatic carbocycles. The third-order valence-electron chi connectivity index (χ3n) is 3.25. The van der Waals surface area contributed by atoms with Gasteiger partial charge in [-0.05, 0) is 12.8 Å². The van der Waals surface area contributed by atoms with Gasteiger partial charge in [-0.25, -0.2) is 14.0 Å². The number of carboxylic acids is 1. The number of carboxylic acid groups (broad SMARTS) is 2. The average Bonchev–Trinajstić information content (AvgIpc) is 2.26. The highest BCUT2D eigenvalue weighted by molar-refractivity contribution is 5.79. The van der Waals surface area contributed by atoms with Crippen molar-refractivity contribution in [3.63, 3.8) is 0 Å². The van der Waals surface area contributed by atoms with E-state index in [4.69, 9.17) is 10.2 Å². The fourth-order valence-corrected chi connectivity index (χ4v) is 2.21. The van der Waals surface area contributed by atoms with Gasteiger partial charge in [0.05, 0.1) is 0 Å². The van der Waals surface area contributed by atoms with Crippen LogP contribution in [0, 0.1) is 0 Å². The zero-order chi connectivity index (χ0) is 13.1. The summed E-state index contributed by atoms with van der Waals surface area (Å²) in [7, 11) is 0. The maximum atomic E-state index is 14.3. The molecule has 1 aliphatic heterocycles. The molecule has 0 aromatic rings. The molecular weight excluding hydrogens is 229 g/mol. The van der Waals surface area contributed by atoms with Crippen molar-refractivity contribution < 1.29 is 24.2 Å². The van der Waals surface area contributed by atoms with Crippen LogP contribution in [-0.2, 0) is 4.79 Å². The number of alkyl halides is 1. The van der Waals surface area contributed by atoms with E-state index in [9.17, 15) is 14.0 Å². The maximum Gasteiger partial charge on any atom is 0.408 e. The Morgan fingerprint density at radius 3 is 2.59 bits per heavy atom. The van der Waals surface area contributed by atoms with Crippen molar-refractivity contribution in [1.82, 2.24) is 4.90 Å². The number of hydrogen-bond acceptors (Lipinski definition) is 2. The molecule has 0 saturated carbocycles. The number of amides is 1. The molecule has 0 spiro atoms. The molecule has 2 N–H and O–H groups in total. The minimum Gasteiger partial charge on any atom is -0.480 e. The molecule has 0 aromatic carbocycles. The van der Waals surface area contributed by atoms with Gasteiger partial charge in [0.2, 0.25) is 0 Å². The van der Waals surface area contributed by atoms with E-state index in [1.165, 1.54) is 0 Å². The van der Waals surface area contributed by atoms with Gasteiger partial charge < -0.3 is 10.2 Å². The highest BCUT2D eigenvalue weighted by Gasteiger charge is 2.44. The number of rotatable bonds is 4. The summed E-state index contributed by atoms with van der Waals surface area (Å²) in [4.78, 5) is 22.6. The third kappa shape index (κ3) is 3.31. The average molecular weight is 247 g/mol. The first-order valence-corrected chi connectivity index (χ1v) is 5.81. The van der Waals surface area contributed by atoms with E-state index in [1.54, 1.807) is 0 Å². The summed E-state index contributed by atoms with van der Waals surface area (Å²) in [6.07, 6.45) is 0.385. The molecule has 1 fully saturated rings. The number of hydrogen-bond donors (Lipinski definition) is 2. The van der Waals surface area contributed by atoms with Crippen molar-refractivity contribution in [3.8, 4) is 0 Å². The van der Waals surface area contributed by atoms with Gasteiger partial charge in [-0.3, -0.25) is 4.90 Å². The van der Waals surface area contributed by atoms with Crippen LogP contribution in [0.15, 0.2) is 0 Å². The largest absolute Gasteiger partial charge is 0.480 e. The van der Waals surface area contributed by atoms with Crippen LogP contribution in [0.1, 0.15) is 39.0 Å². The second-order valence-electron chi connectivity index (χ2n) is 4.54. The topological polar surface area (TPSA) is 77.8 Å². The van der Waals surface area contributed by atoms with E-state index in [0.29, 0.717) is 12.8 Å². The lowest BCUT2D eigenvalue weighted by atomic mass is 9.84. The highest BCUT2D eigenvalue weighted by Crippen LogP contribution is 2.35. The van der Waals surface area contributed by atoms with Gasteiger partial charge >= 0.3 is 12.1 Å². The highest BCUT2D eigenvalue weighted by atomic mass is 19.1. The van der Waals surface area contributed by atoms with Gasteiger partial charge in [-0.1, -0.05) is 19.8 Å². The Balaban J connectivity index is 2.74. The molecule has 0 radical (unpaired) electrons. The van der Waals surface area contributed by atoms with Crippen LogP contribution in [0.2, 0.25) is 0 Å². The Hall–Kier alpha value is -1.33. The molecule has 1 heterocycles. The molecule has 0 bridgehead atoms. The fourth-order valence-electron chi connectivity index (χ4n) is 2.21. The van der Waals surface area contributed by atoms with Crippen LogP contribution in [0.3, 0.4) is 0 Å². The van der Waals surface area contributed by atoms with Crippen molar-refractivity contribution in [2.75, 3.05) is 6.54 Å². The van der Waals surface area contributed by atoms with E-state index in [0.717, 1.165) is 11.3 Å². The minimum atomic E-state index is -1.54. The molecule has 98 valence electrons. The van der Waals surface area contributed by atoms with Crippen molar-refractivity contribution in [2.45, 2.75) is 50.7 Å². The quantitative estimate of drug-likeness (QED) is 0.797. The summed E-state index contributed by atoms with van der Waals surface area (Å²) in [5.74, 6) is -1.27. The Morgan fingerprint density at radius 2 is 2.12 bits per heavy atom.